The van der Waals surface area contributed by atoms with Crippen molar-refractivity contribution in [1.82, 2.24) is 0 Å². The Morgan fingerprint density at radius 2 is 0.750 bits per heavy atom. The van der Waals surface area contributed by atoms with Crippen molar-refractivity contribution in [2.45, 2.75) is 245 Å². The number of carbonyl (C=O) groups excluding carboxylic acids is 1. The molecule has 0 aliphatic rings. The zero-order valence-electron chi connectivity index (χ0n) is 34.6. The first-order valence-electron chi connectivity index (χ1n) is 22.6. The Bertz CT molecular complexity index is 870. The van der Waals surface area contributed by atoms with Crippen molar-refractivity contribution in [3.63, 3.8) is 0 Å². The van der Waals surface area contributed by atoms with Crippen LogP contribution in [0.25, 0.3) is 0 Å². The summed E-state index contributed by atoms with van der Waals surface area (Å²) in [5, 5.41) is 8.71. The smallest absolute Gasteiger partial charge is 0.306 e. The van der Waals surface area contributed by atoms with E-state index < -0.39 is 5.97 Å². The Hall–Kier alpha value is -2.10. The van der Waals surface area contributed by atoms with E-state index in [0.29, 0.717) is 12.8 Å². The maximum absolute atomic E-state index is 12.7. The molecule has 0 saturated heterocycles. The molecule has 0 amide bonds. The largest absolute Gasteiger partial charge is 0.481 e. The van der Waals surface area contributed by atoms with Crippen molar-refractivity contribution in [2.75, 3.05) is 0 Å². The standard InChI is InChI=1S/C48H86O4/c1-3-5-7-9-11-12-13-14-15-16-17-18-19-20-21-22-27-30-33-37-41-45-48(51)52-46(42-38-34-10-8-6-4-2)43-39-35-31-28-25-23-24-26-29-32-36-40-44-47(49)50/h11-12,14-15,17-18,20-21,46H,3-10,13,16,19,22-45H2,1-2H3,(H,49,50)/b12-11-,15-14-,18-17-,21-20-. The van der Waals surface area contributed by atoms with E-state index in [2.05, 4.69) is 62.5 Å². The average molecular weight is 727 g/mol. The lowest BCUT2D eigenvalue weighted by molar-refractivity contribution is -0.150. The lowest BCUT2D eigenvalue weighted by Crippen LogP contribution is -2.18. The van der Waals surface area contributed by atoms with E-state index >= 15 is 0 Å². The third-order valence-electron chi connectivity index (χ3n) is 10.1. The van der Waals surface area contributed by atoms with Crippen LogP contribution in [0.3, 0.4) is 0 Å². The molecular weight excluding hydrogens is 641 g/mol. The number of carboxylic acids is 1. The first kappa shape index (κ1) is 49.9. The maximum atomic E-state index is 12.7. The Morgan fingerprint density at radius 1 is 0.423 bits per heavy atom. The normalized spacial score (nSPS) is 12.7. The van der Waals surface area contributed by atoms with Gasteiger partial charge in [0.15, 0.2) is 0 Å². The van der Waals surface area contributed by atoms with Gasteiger partial charge in [0.25, 0.3) is 0 Å². The Morgan fingerprint density at radius 3 is 1.19 bits per heavy atom. The minimum absolute atomic E-state index is 0.0268. The van der Waals surface area contributed by atoms with E-state index in [1.807, 2.05) is 0 Å². The highest BCUT2D eigenvalue weighted by Crippen LogP contribution is 2.19. The lowest BCUT2D eigenvalue weighted by atomic mass is 10.0. The predicted molar refractivity (Wildman–Crippen MR) is 227 cm³/mol. The minimum atomic E-state index is -0.670. The van der Waals surface area contributed by atoms with E-state index in [9.17, 15) is 9.59 Å². The molecular formula is C48H86O4. The monoisotopic (exact) mass is 727 g/mol. The number of unbranched alkanes of at least 4 members (excludes halogenated alkanes) is 24. The van der Waals surface area contributed by atoms with Crippen LogP contribution >= 0.6 is 0 Å². The van der Waals surface area contributed by atoms with E-state index in [4.69, 9.17) is 9.84 Å². The molecule has 0 saturated carbocycles. The molecule has 1 N–H and O–H groups in total. The van der Waals surface area contributed by atoms with Crippen molar-refractivity contribution in [1.29, 1.82) is 0 Å². The molecule has 0 spiro atoms. The number of allylic oxidation sites excluding steroid dienone is 8. The van der Waals surface area contributed by atoms with Crippen LogP contribution in [0.2, 0.25) is 0 Å². The molecule has 0 aliphatic heterocycles. The number of hydrogen-bond donors (Lipinski definition) is 1. The minimum Gasteiger partial charge on any atom is -0.481 e. The predicted octanol–water partition coefficient (Wildman–Crippen LogP) is 15.9. The number of ether oxygens (including phenoxy) is 1. The summed E-state index contributed by atoms with van der Waals surface area (Å²) < 4.78 is 6.05. The fraction of sp³-hybridized carbons (Fsp3) is 0.792. The van der Waals surface area contributed by atoms with Crippen LogP contribution in [0.4, 0.5) is 0 Å². The van der Waals surface area contributed by atoms with Crippen molar-refractivity contribution in [2.24, 2.45) is 0 Å². The number of aliphatic carboxylic acids is 1. The van der Waals surface area contributed by atoms with Gasteiger partial charge in [-0.3, -0.25) is 9.59 Å². The van der Waals surface area contributed by atoms with E-state index in [1.165, 1.54) is 148 Å². The molecule has 0 aromatic rings. The second-order valence-electron chi connectivity index (χ2n) is 15.2. The van der Waals surface area contributed by atoms with Gasteiger partial charge in [-0.25, -0.2) is 0 Å². The van der Waals surface area contributed by atoms with Crippen LogP contribution in [-0.2, 0) is 14.3 Å². The molecule has 4 nitrogen and oxygen atoms in total. The number of rotatable bonds is 41. The topological polar surface area (TPSA) is 63.6 Å². The first-order chi connectivity index (χ1) is 25.6. The Balaban J connectivity index is 3.94. The quantitative estimate of drug-likeness (QED) is 0.0387. The summed E-state index contributed by atoms with van der Waals surface area (Å²) in [7, 11) is 0. The zero-order valence-corrected chi connectivity index (χ0v) is 34.6. The van der Waals surface area contributed by atoms with Crippen LogP contribution in [0.15, 0.2) is 48.6 Å². The van der Waals surface area contributed by atoms with Crippen LogP contribution in [-0.4, -0.2) is 23.1 Å². The Kier molecular flexibility index (Phi) is 41.6. The molecule has 0 radical (unpaired) electrons. The van der Waals surface area contributed by atoms with Crippen LogP contribution < -0.4 is 0 Å². The summed E-state index contributed by atoms with van der Waals surface area (Å²) >= 11 is 0. The molecule has 52 heavy (non-hydrogen) atoms. The summed E-state index contributed by atoms with van der Waals surface area (Å²) in [6, 6.07) is 0. The summed E-state index contributed by atoms with van der Waals surface area (Å²) in [5.41, 5.74) is 0. The average Bonchev–Trinajstić information content (AvgIpc) is 3.13. The fourth-order valence-corrected chi connectivity index (χ4v) is 6.70. The van der Waals surface area contributed by atoms with Gasteiger partial charge in [0.1, 0.15) is 6.10 Å². The van der Waals surface area contributed by atoms with Crippen molar-refractivity contribution >= 4 is 11.9 Å². The molecule has 1 unspecified atom stereocenters. The third kappa shape index (κ3) is 42.3. The van der Waals surface area contributed by atoms with Gasteiger partial charge in [-0.15, -0.1) is 0 Å². The molecule has 0 bridgehead atoms. The molecule has 0 aromatic heterocycles. The van der Waals surface area contributed by atoms with Crippen LogP contribution in [0.1, 0.15) is 239 Å². The summed E-state index contributed by atoms with van der Waals surface area (Å²) in [4.78, 5) is 23.3. The molecule has 0 aromatic carbocycles. The molecule has 0 rings (SSSR count). The Labute approximate surface area is 323 Å². The van der Waals surface area contributed by atoms with Crippen LogP contribution in [0.5, 0.6) is 0 Å². The highest BCUT2D eigenvalue weighted by molar-refractivity contribution is 5.69. The number of hydrogen-bond acceptors (Lipinski definition) is 3. The van der Waals surface area contributed by atoms with Gasteiger partial charge in [0, 0.05) is 12.8 Å². The highest BCUT2D eigenvalue weighted by atomic mass is 16.5. The van der Waals surface area contributed by atoms with E-state index in [1.54, 1.807) is 0 Å². The molecule has 302 valence electrons. The molecule has 1 atom stereocenters. The van der Waals surface area contributed by atoms with E-state index in [0.717, 1.165) is 64.2 Å². The molecule has 0 fully saturated rings. The van der Waals surface area contributed by atoms with Crippen molar-refractivity contribution < 1.29 is 19.4 Å². The molecule has 0 aliphatic carbocycles. The number of carbonyl (C=O) groups is 2. The van der Waals surface area contributed by atoms with E-state index in [-0.39, 0.29) is 12.1 Å². The van der Waals surface area contributed by atoms with Crippen molar-refractivity contribution in [3.05, 3.63) is 48.6 Å². The van der Waals surface area contributed by atoms with Gasteiger partial charge in [0.2, 0.25) is 0 Å². The van der Waals surface area contributed by atoms with Crippen LogP contribution in [0, 0.1) is 0 Å². The second kappa shape index (κ2) is 43.3. The SMILES string of the molecule is CCCCC/C=C\C/C=C\C/C=C\C/C=C\CCCCCCCC(=O)OC(CCCCCCCC)CCCCCCCCCCCCCCC(=O)O. The zero-order chi connectivity index (χ0) is 37.8. The first-order valence-corrected chi connectivity index (χ1v) is 22.6. The summed E-state index contributed by atoms with van der Waals surface area (Å²) in [6.45, 7) is 4.52. The van der Waals surface area contributed by atoms with Gasteiger partial charge >= 0.3 is 11.9 Å². The van der Waals surface area contributed by atoms with Gasteiger partial charge in [-0.2, -0.15) is 0 Å². The third-order valence-corrected chi connectivity index (χ3v) is 10.1. The molecule has 4 heteroatoms. The van der Waals surface area contributed by atoms with Gasteiger partial charge < -0.3 is 9.84 Å². The second-order valence-corrected chi connectivity index (χ2v) is 15.2. The lowest BCUT2D eigenvalue weighted by Gasteiger charge is -2.18. The maximum Gasteiger partial charge on any atom is 0.306 e. The summed E-state index contributed by atoms with van der Waals surface area (Å²) in [6.07, 6.45) is 58.7. The van der Waals surface area contributed by atoms with Gasteiger partial charge in [-0.1, -0.05) is 191 Å². The number of carboxylic acid groups (broad SMARTS) is 1. The molecule has 0 heterocycles. The fourth-order valence-electron chi connectivity index (χ4n) is 6.70. The highest BCUT2D eigenvalue weighted by Gasteiger charge is 2.14. The van der Waals surface area contributed by atoms with Crippen molar-refractivity contribution in [3.8, 4) is 0 Å². The van der Waals surface area contributed by atoms with Gasteiger partial charge in [-0.05, 0) is 83.5 Å². The number of esters is 1. The van der Waals surface area contributed by atoms with Gasteiger partial charge in [0.05, 0.1) is 0 Å². The summed E-state index contributed by atoms with van der Waals surface area (Å²) in [5.74, 6) is -0.643.